The molecule has 0 bridgehead atoms. The van der Waals surface area contributed by atoms with Crippen LogP contribution in [-0.4, -0.2) is 24.9 Å². The first-order valence-electron chi connectivity index (χ1n) is 7.48. The Morgan fingerprint density at radius 1 is 0.833 bits per heavy atom. The summed E-state index contributed by atoms with van der Waals surface area (Å²) >= 11 is 1.64. The van der Waals surface area contributed by atoms with E-state index in [2.05, 4.69) is 21.0 Å². The number of H-pyrrole nitrogens is 1. The van der Waals surface area contributed by atoms with Gasteiger partial charge in [-0.25, -0.2) is 9.97 Å². The van der Waals surface area contributed by atoms with E-state index in [-0.39, 0.29) is 0 Å². The third-order valence-electron chi connectivity index (χ3n) is 3.89. The molecule has 0 aliphatic rings. The predicted octanol–water partition coefficient (Wildman–Crippen LogP) is 4.30. The topological polar surface area (TPSA) is 67.3 Å². The fraction of sp³-hybridized carbons (Fsp3) is 0. The number of aromatic nitrogens is 5. The van der Waals surface area contributed by atoms with Crippen LogP contribution in [0.5, 0.6) is 0 Å². The zero-order chi connectivity index (χ0) is 15.9. The summed E-state index contributed by atoms with van der Waals surface area (Å²) in [5, 5.41) is 0.966. The number of thiazole rings is 1. The number of rotatable bonds is 2. The summed E-state index contributed by atoms with van der Waals surface area (Å²) in [4.78, 5) is 21.1. The molecule has 0 amide bonds. The lowest BCUT2D eigenvalue weighted by atomic mass is 10.2. The molecule has 0 saturated carbocycles. The number of aromatic amines is 1. The Hall–Kier alpha value is -3.12. The largest absolute Gasteiger partial charge is 0.337 e. The molecule has 0 fully saturated rings. The quantitative estimate of drug-likeness (QED) is 0.524. The maximum atomic E-state index is 4.74. The molecule has 24 heavy (non-hydrogen) atoms. The number of pyridine rings is 2. The van der Waals surface area contributed by atoms with Crippen molar-refractivity contribution in [1.82, 2.24) is 24.9 Å². The summed E-state index contributed by atoms with van der Waals surface area (Å²) in [6, 6.07) is 11.9. The van der Waals surface area contributed by atoms with Crippen molar-refractivity contribution in [2.45, 2.75) is 0 Å². The Bertz CT molecular complexity index is 1130. The van der Waals surface area contributed by atoms with Crippen molar-refractivity contribution < 1.29 is 0 Å². The molecular formula is C18H11N5S. The second kappa shape index (κ2) is 5.21. The number of hydrogen-bond acceptors (Lipinski definition) is 5. The van der Waals surface area contributed by atoms with E-state index in [0.717, 1.165) is 43.2 Å². The first-order valence-corrected chi connectivity index (χ1v) is 8.30. The predicted molar refractivity (Wildman–Crippen MR) is 95.7 cm³/mol. The lowest BCUT2D eigenvalue weighted by molar-refractivity contribution is 1.28. The van der Waals surface area contributed by atoms with E-state index in [1.807, 2.05) is 36.5 Å². The van der Waals surface area contributed by atoms with Crippen molar-refractivity contribution in [2.24, 2.45) is 0 Å². The molecule has 5 aromatic rings. The van der Waals surface area contributed by atoms with E-state index >= 15 is 0 Å². The van der Waals surface area contributed by atoms with Gasteiger partial charge in [0.25, 0.3) is 0 Å². The van der Waals surface area contributed by atoms with Gasteiger partial charge in [-0.1, -0.05) is 6.07 Å². The third-order valence-corrected chi connectivity index (χ3v) is 4.93. The highest BCUT2D eigenvalue weighted by atomic mass is 32.1. The van der Waals surface area contributed by atoms with Crippen molar-refractivity contribution in [3.8, 4) is 22.0 Å². The van der Waals surface area contributed by atoms with Crippen molar-refractivity contribution in [3.63, 3.8) is 0 Å². The zero-order valence-corrected chi connectivity index (χ0v) is 13.3. The van der Waals surface area contributed by atoms with Gasteiger partial charge in [0.05, 0.1) is 21.3 Å². The van der Waals surface area contributed by atoms with Gasteiger partial charge in [0.2, 0.25) is 0 Å². The number of hydrogen-bond donors (Lipinski definition) is 1. The van der Waals surface area contributed by atoms with E-state index in [9.17, 15) is 0 Å². The summed E-state index contributed by atoms with van der Waals surface area (Å²) in [7, 11) is 0. The number of benzene rings is 1. The lowest BCUT2D eigenvalue weighted by Gasteiger charge is -1.97. The van der Waals surface area contributed by atoms with E-state index in [1.165, 1.54) is 0 Å². The van der Waals surface area contributed by atoms with Gasteiger partial charge in [-0.2, -0.15) is 0 Å². The average molecular weight is 329 g/mol. The molecule has 6 heteroatoms. The molecule has 1 N–H and O–H groups in total. The van der Waals surface area contributed by atoms with Crippen LogP contribution in [0.15, 0.2) is 61.2 Å². The maximum absolute atomic E-state index is 4.74. The van der Waals surface area contributed by atoms with Crippen LogP contribution < -0.4 is 0 Å². The molecular weight excluding hydrogens is 318 g/mol. The number of fused-ring (bicyclic) bond motifs is 2. The Kier molecular flexibility index (Phi) is 2.89. The van der Waals surface area contributed by atoms with E-state index in [1.54, 1.807) is 29.9 Å². The van der Waals surface area contributed by atoms with E-state index in [4.69, 9.17) is 9.97 Å². The second-order valence-electron chi connectivity index (χ2n) is 5.38. The first-order chi connectivity index (χ1) is 11.9. The van der Waals surface area contributed by atoms with Crippen LogP contribution in [0.25, 0.3) is 43.2 Å². The Morgan fingerprint density at radius 2 is 1.71 bits per heavy atom. The van der Waals surface area contributed by atoms with Gasteiger partial charge < -0.3 is 4.98 Å². The minimum Gasteiger partial charge on any atom is -0.337 e. The number of para-hydroxylation sites is 1. The van der Waals surface area contributed by atoms with Gasteiger partial charge >= 0.3 is 0 Å². The van der Waals surface area contributed by atoms with Gasteiger partial charge in [0.15, 0.2) is 0 Å². The van der Waals surface area contributed by atoms with Crippen molar-refractivity contribution >= 4 is 32.6 Å². The van der Waals surface area contributed by atoms with Crippen LogP contribution >= 0.6 is 11.3 Å². The minimum atomic E-state index is 0.836. The Labute approximate surface area is 141 Å². The third kappa shape index (κ3) is 2.08. The summed E-state index contributed by atoms with van der Waals surface area (Å²) in [5.74, 6) is 0.836. The van der Waals surface area contributed by atoms with Gasteiger partial charge in [-0.05, 0) is 30.3 Å². The Morgan fingerprint density at radius 3 is 2.58 bits per heavy atom. The van der Waals surface area contributed by atoms with Crippen LogP contribution in [0.2, 0.25) is 0 Å². The molecule has 5 rings (SSSR count). The molecule has 0 saturated heterocycles. The van der Waals surface area contributed by atoms with Crippen molar-refractivity contribution in [1.29, 1.82) is 0 Å². The highest BCUT2D eigenvalue weighted by molar-refractivity contribution is 7.21. The molecule has 0 aliphatic heterocycles. The number of nitrogens with zero attached hydrogens (tertiary/aromatic N) is 4. The summed E-state index contributed by atoms with van der Waals surface area (Å²) in [5.41, 5.74) is 4.96. The van der Waals surface area contributed by atoms with Gasteiger partial charge in [-0.15, -0.1) is 11.3 Å². The SMILES string of the molecule is c1cc(-c2nc3ccncc3s2)c2[nH]c(-c3ccncc3)nc2c1. The lowest BCUT2D eigenvalue weighted by Crippen LogP contribution is -1.81. The molecule has 0 radical (unpaired) electrons. The smallest absolute Gasteiger partial charge is 0.138 e. The molecule has 0 atom stereocenters. The molecule has 1 aromatic carbocycles. The number of nitrogens with one attached hydrogen (secondary N) is 1. The van der Waals surface area contributed by atoms with Gasteiger partial charge in [0.1, 0.15) is 10.8 Å². The van der Waals surface area contributed by atoms with Gasteiger partial charge in [0, 0.05) is 35.9 Å². The standard InChI is InChI=1S/C18H11N5S/c1-2-12(18-22-13-6-9-20-10-15(13)24-18)16-14(3-1)21-17(23-16)11-4-7-19-8-5-11/h1-10H,(H,21,23). The molecule has 4 heterocycles. The van der Waals surface area contributed by atoms with Crippen molar-refractivity contribution in [2.75, 3.05) is 0 Å². The maximum Gasteiger partial charge on any atom is 0.138 e. The van der Waals surface area contributed by atoms with Crippen LogP contribution in [0.1, 0.15) is 0 Å². The highest BCUT2D eigenvalue weighted by Crippen LogP contribution is 2.34. The second-order valence-corrected chi connectivity index (χ2v) is 6.41. The molecule has 0 unspecified atom stereocenters. The average Bonchev–Trinajstić information content (AvgIpc) is 3.26. The summed E-state index contributed by atoms with van der Waals surface area (Å²) in [6.45, 7) is 0. The summed E-state index contributed by atoms with van der Waals surface area (Å²) < 4.78 is 1.08. The monoisotopic (exact) mass is 329 g/mol. The van der Waals surface area contributed by atoms with Gasteiger partial charge in [-0.3, -0.25) is 9.97 Å². The fourth-order valence-corrected chi connectivity index (χ4v) is 3.72. The fourth-order valence-electron chi connectivity index (χ4n) is 2.75. The molecule has 114 valence electrons. The van der Waals surface area contributed by atoms with Crippen LogP contribution in [-0.2, 0) is 0 Å². The molecule has 5 nitrogen and oxygen atoms in total. The van der Waals surface area contributed by atoms with Crippen LogP contribution in [0.3, 0.4) is 0 Å². The van der Waals surface area contributed by atoms with Crippen LogP contribution in [0, 0.1) is 0 Å². The highest BCUT2D eigenvalue weighted by Gasteiger charge is 2.13. The van der Waals surface area contributed by atoms with E-state index in [0.29, 0.717) is 0 Å². The first kappa shape index (κ1) is 13.3. The molecule has 4 aromatic heterocycles. The molecule has 0 spiro atoms. The molecule has 0 aliphatic carbocycles. The normalized spacial score (nSPS) is 11.3. The van der Waals surface area contributed by atoms with Crippen molar-refractivity contribution in [3.05, 3.63) is 61.2 Å². The van der Waals surface area contributed by atoms with Crippen LogP contribution in [0.4, 0.5) is 0 Å². The Balaban J connectivity index is 1.72. The summed E-state index contributed by atoms with van der Waals surface area (Å²) in [6.07, 6.45) is 7.16. The minimum absolute atomic E-state index is 0.836. The van der Waals surface area contributed by atoms with E-state index < -0.39 is 0 Å². The number of imidazole rings is 1. The zero-order valence-electron chi connectivity index (χ0n) is 12.5.